The van der Waals surface area contributed by atoms with Crippen molar-refractivity contribution < 1.29 is 19.7 Å². The van der Waals surface area contributed by atoms with Gasteiger partial charge in [0.05, 0.1) is 15.5 Å². The smallest absolute Gasteiger partial charge is 0.363 e. The van der Waals surface area contributed by atoms with Crippen molar-refractivity contribution in [2.45, 2.75) is 6.92 Å². The number of nitrogens with zero attached hydrogens (tertiary/aromatic N) is 4. The number of nitro benzene ring substituents is 1. The predicted octanol–water partition coefficient (Wildman–Crippen LogP) is 1.70. The number of carboxylic acid groups (broad SMARTS) is 1. The van der Waals surface area contributed by atoms with Crippen molar-refractivity contribution in [3.8, 4) is 5.69 Å². The molecule has 10 heteroatoms. The molecule has 0 saturated heterocycles. The number of non-ortho nitro benzene ring substituents is 1. The van der Waals surface area contributed by atoms with E-state index in [0.29, 0.717) is 5.56 Å². The molecule has 0 fully saturated rings. The van der Waals surface area contributed by atoms with Gasteiger partial charge in [-0.3, -0.25) is 20.2 Å². The van der Waals surface area contributed by atoms with Crippen molar-refractivity contribution in [1.82, 2.24) is 9.78 Å². The minimum atomic E-state index is -1.55. The number of hydrogen-bond donors (Lipinski definition) is 1. The van der Waals surface area contributed by atoms with Crippen molar-refractivity contribution in [2.24, 2.45) is 0 Å². The Morgan fingerprint density at radius 1 is 1.24 bits per heavy atom. The van der Waals surface area contributed by atoms with Gasteiger partial charge in [0.15, 0.2) is 0 Å². The van der Waals surface area contributed by atoms with E-state index in [9.17, 15) is 25.0 Å². The molecule has 0 amide bonds. The zero-order chi connectivity index (χ0) is 15.7. The van der Waals surface area contributed by atoms with Gasteiger partial charge in [0.25, 0.3) is 5.69 Å². The zero-order valence-corrected chi connectivity index (χ0v) is 10.6. The highest BCUT2D eigenvalue weighted by atomic mass is 16.6. The Kier molecular flexibility index (Phi) is 3.36. The van der Waals surface area contributed by atoms with E-state index in [4.69, 9.17) is 5.11 Å². The van der Waals surface area contributed by atoms with Crippen molar-refractivity contribution in [3.63, 3.8) is 0 Å². The standard InChI is InChI=1S/C11H8N4O6/c1-6-2-7(4-8(3-6)14(18)19)13-5-9(15(20)21)10(12-13)11(16)17/h2-5H,1H3,(H,16,17). The van der Waals surface area contributed by atoms with Gasteiger partial charge in [-0.05, 0) is 18.6 Å². The van der Waals surface area contributed by atoms with Crippen LogP contribution in [0.2, 0.25) is 0 Å². The summed E-state index contributed by atoms with van der Waals surface area (Å²) < 4.78 is 0.932. The second-order valence-corrected chi connectivity index (χ2v) is 4.15. The number of hydrogen-bond acceptors (Lipinski definition) is 6. The molecule has 0 spiro atoms. The Morgan fingerprint density at radius 2 is 1.90 bits per heavy atom. The summed E-state index contributed by atoms with van der Waals surface area (Å²) in [5, 5.41) is 34.1. The van der Waals surface area contributed by atoms with Crippen molar-refractivity contribution in [3.05, 3.63) is 55.9 Å². The van der Waals surface area contributed by atoms with Crippen LogP contribution in [0, 0.1) is 27.2 Å². The fourth-order valence-electron chi connectivity index (χ4n) is 1.76. The number of aromatic nitrogens is 2. The molecular formula is C11H8N4O6. The van der Waals surface area contributed by atoms with E-state index in [1.54, 1.807) is 6.92 Å². The third kappa shape index (κ3) is 2.68. The van der Waals surface area contributed by atoms with Crippen LogP contribution in [0.1, 0.15) is 16.1 Å². The average molecular weight is 292 g/mol. The molecule has 0 radical (unpaired) electrons. The predicted molar refractivity (Wildman–Crippen MR) is 68.6 cm³/mol. The van der Waals surface area contributed by atoms with Gasteiger partial charge in [0.1, 0.15) is 6.20 Å². The quantitative estimate of drug-likeness (QED) is 0.667. The molecule has 108 valence electrons. The number of rotatable bonds is 4. The fraction of sp³-hybridized carbons (Fsp3) is 0.0909. The monoisotopic (exact) mass is 292 g/mol. The average Bonchev–Trinajstić information content (AvgIpc) is 2.83. The Bertz CT molecular complexity index is 735. The summed E-state index contributed by atoms with van der Waals surface area (Å²) in [6.07, 6.45) is 0.905. The molecule has 21 heavy (non-hydrogen) atoms. The molecule has 10 nitrogen and oxygen atoms in total. The summed E-state index contributed by atoms with van der Waals surface area (Å²) in [6.45, 7) is 1.60. The van der Waals surface area contributed by atoms with Gasteiger partial charge in [-0.25, -0.2) is 9.48 Å². The van der Waals surface area contributed by atoms with E-state index in [1.807, 2.05) is 0 Å². The summed E-state index contributed by atoms with van der Waals surface area (Å²) in [5.41, 5.74) is -0.942. The highest BCUT2D eigenvalue weighted by molar-refractivity contribution is 5.90. The van der Waals surface area contributed by atoms with E-state index in [0.717, 1.165) is 16.9 Å². The van der Waals surface area contributed by atoms with E-state index >= 15 is 0 Å². The first kappa shape index (κ1) is 14.1. The summed E-state index contributed by atoms with van der Waals surface area (Å²) in [7, 11) is 0. The minimum absolute atomic E-state index is 0.164. The Labute approximate surface area is 116 Å². The zero-order valence-electron chi connectivity index (χ0n) is 10.6. The highest BCUT2D eigenvalue weighted by Gasteiger charge is 2.26. The molecule has 0 aliphatic carbocycles. The molecule has 1 N–H and O–H groups in total. The van der Waals surface area contributed by atoms with Crippen LogP contribution in [0.25, 0.3) is 5.69 Å². The number of aryl methyl sites for hydroxylation is 1. The molecule has 0 bridgehead atoms. The van der Waals surface area contributed by atoms with E-state index in [2.05, 4.69) is 5.10 Å². The van der Waals surface area contributed by atoms with Crippen LogP contribution in [0.5, 0.6) is 0 Å². The SMILES string of the molecule is Cc1cc(-n2cc([N+](=O)[O-])c(C(=O)O)n2)cc([N+](=O)[O-])c1. The lowest BCUT2D eigenvalue weighted by atomic mass is 10.2. The van der Waals surface area contributed by atoms with Crippen molar-refractivity contribution in [2.75, 3.05) is 0 Å². The van der Waals surface area contributed by atoms with Gasteiger partial charge < -0.3 is 5.11 Å². The van der Waals surface area contributed by atoms with Crippen LogP contribution in [0.4, 0.5) is 11.4 Å². The van der Waals surface area contributed by atoms with Crippen LogP contribution in [-0.4, -0.2) is 30.7 Å². The topological polar surface area (TPSA) is 141 Å². The van der Waals surface area contributed by atoms with Crippen LogP contribution < -0.4 is 0 Å². The van der Waals surface area contributed by atoms with Gasteiger partial charge in [-0.2, -0.15) is 5.10 Å². The molecule has 1 aromatic carbocycles. The van der Waals surface area contributed by atoms with Crippen LogP contribution in [-0.2, 0) is 0 Å². The third-order valence-electron chi connectivity index (χ3n) is 2.62. The lowest BCUT2D eigenvalue weighted by molar-refractivity contribution is -0.385. The Hall–Kier alpha value is -3.30. The second kappa shape index (κ2) is 5.00. The first-order valence-electron chi connectivity index (χ1n) is 5.53. The molecular weight excluding hydrogens is 284 g/mol. The molecule has 0 unspecified atom stereocenters. The Balaban J connectivity index is 2.62. The summed E-state index contributed by atoms with van der Waals surface area (Å²) >= 11 is 0. The number of nitro groups is 2. The number of carbonyl (C=O) groups is 1. The summed E-state index contributed by atoms with van der Waals surface area (Å²) in [4.78, 5) is 31.0. The molecule has 1 heterocycles. The molecule has 0 aliphatic rings. The minimum Gasteiger partial charge on any atom is -0.476 e. The molecule has 2 rings (SSSR count). The molecule has 1 aromatic heterocycles. The first-order valence-corrected chi connectivity index (χ1v) is 5.53. The number of aromatic carboxylic acids is 1. The second-order valence-electron chi connectivity index (χ2n) is 4.15. The lowest BCUT2D eigenvalue weighted by Crippen LogP contribution is -2.03. The van der Waals surface area contributed by atoms with Gasteiger partial charge in [0.2, 0.25) is 5.69 Å². The Morgan fingerprint density at radius 3 is 2.38 bits per heavy atom. The highest BCUT2D eigenvalue weighted by Crippen LogP contribution is 2.23. The van der Waals surface area contributed by atoms with Gasteiger partial charge >= 0.3 is 11.7 Å². The maximum Gasteiger partial charge on any atom is 0.363 e. The maximum atomic E-state index is 10.9. The summed E-state index contributed by atoms with van der Waals surface area (Å²) in [6, 6.07) is 3.96. The normalized spacial score (nSPS) is 10.3. The van der Waals surface area contributed by atoms with E-state index in [-0.39, 0.29) is 11.4 Å². The van der Waals surface area contributed by atoms with Crippen LogP contribution in [0.3, 0.4) is 0 Å². The first-order chi connectivity index (χ1) is 9.79. The lowest BCUT2D eigenvalue weighted by Gasteiger charge is -2.02. The molecule has 0 saturated carbocycles. The molecule has 0 aliphatic heterocycles. The van der Waals surface area contributed by atoms with Gasteiger partial charge in [-0.15, -0.1) is 0 Å². The maximum absolute atomic E-state index is 10.9. The van der Waals surface area contributed by atoms with Crippen LogP contribution >= 0.6 is 0 Å². The third-order valence-corrected chi connectivity index (χ3v) is 2.62. The molecule has 0 atom stereocenters. The van der Waals surface area contributed by atoms with Gasteiger partial charge in [-0.1, -0.05) is 0 Å². The van der Waals surface area contributed by atoms with E-state index in [1.165, 1.54) is 12.1 Å². The van der Waals surface area contributed by atoms with Crippen molar-refractivity contribution >= 4 is 17.3 Å². The van der Waals surface area contributed by atoms with Crippen LogP contribution in [0.15, 0.2) is 24.4 Å². The van der Waals surface area contributed by atoms with Crippen molar-refractivity contribution in [1.29, 1.82) is 0 Å². The van der Waals surface area contributed by atoms with E-state index < -0.39 is 27.2 Å². The largest absolute Gasteiger partial charge is 0.476 e. The van der Waals surface area contributed by atoms with Gasteiger partial charge in [0, 0.05) is 12.1 Å². The number of carboxylic acids is 1. The summed E-state index contributed by atoms with van der Waals surface area (Å²) in [5.74, 6) is -1.55. The molecule has 2 aromatic rings. The number of benzene rings is 1. The fourth-order valence-corrected chi connectivity index (χ4v) is 1.76.